The van der Waals surface area contributed by atoms with Gasteiger partial charge >= 0.3 is 0 Å². The van der Waals surface area contributed by atoms with Crippen LogP contribution >= 0.6 is 0 Å². The lowest BCUT2D eigenvalue weighted by Crippen LogP contribution is -2.44. The maximum Gasteiger partial charge on any atom is 0.223 e. The van der Waals surface area contributed by atoms with Crippen LogP contribution in [0.15, 0.2) is 18.2 Å². The Labute approximate surface area is 235 Å². The molecule has 1 aromatic carbocycles. The second-order valence-corrected chi connectivity index (χ2v) is 12.2. The van der Waals surface area contributed by atoms with E-state index in [0.29, 0.717) is 56.1 Å². The van der Waals surface area contributed by atoms with Gasteiger partial charge in [-0.05, 0) is 73.0 Å². The van der Waals surface area contributed by atoms with E-state index in [9.17, 15) is 9.90 Å². The topological polar surface area (TPSA) is 112 Å². The molecule has 1 unspecified atom stereocenters. The Morgan fingerprint density at radius 1 is 1.13 bits per heavy atom. The van der Waals surface area contributed by atoms with Crippen molar-refractivity contribution in [1.82, 2.24) is 5.32 Å². The average molecular weight is 549 g/mol. The first-order valence-corrected chi connectivity index (χ1v) is 14.8. The van der Waals surface area contributed by atoms with Gasteiger partial charge in [-0.3, -0.25) is 4.79 Å². The minimum Gasteiger partial charge on any atom is -0.493 e. The summed E-state index contributed by atoms with van der Waals surface area (Å²) in [6.45, 7) is 11.0. The number of carbonyl (C=O) groups is 1. The minimum atomic E-state index is -0.754. The number of benzene rings is 1. The van der Waals surface area contributed by atoms with Crippen molar-refractivity contribution in [2.75, 3.05) is 40.6 Å². The van der Waals surface area contributed by atoms with Crippen molar-refractivity contribution in [1.29, 1.82) is 0 Å². The van der Waals surface area contributed by atoms with E-state index in [1.165, 1.54) is 6.42 Å². The molecule has 2 fully saturated rings. The van der Waals surface area contributed by atoms with Gasteiger partial charge in [-0.25, -0.2) is 0 Å². The fourth-order valence-electron chi connectivity index (χ4n) is 5.70. The third-order valence-electron chi connectivity index (χ3n) is 8.58. The number of ether oxygens (including phenoxy) is 4. The third-order valence-corrected chi connectivity index (χ3v) is 8.58. The molecule has 7 atom stereocenters. The molecule has 1 heterocycles. The summed E-state index contributed by atoms with van der Waals surface area (Å²) in [7, 11) is 3.32. The maximum absolute atomic E-state index is 13.0. The summed E-state index contributed by atoms with van der Waals surface area (Å²) in [5.74, 6) is 3.17. The van der Waals surface area contributed by atoms with E-state index < -0.39 is 12.1 Å². The van der Waals surface area contributed by atoms with E-state index in [1.54, 1.807) is 14.2 Å². The van der Waals surface area contributed by atoms with Crippen LogP contribution in [0, 0.1) is 35.5 Å². The number of nitrogens with two attached hydrogens (primary N) is 1. The normalized spacial score (nSPS) is 23.3. The third kappa shape index (κ3) is 9.34. The van der Waals surface area contributed by atoms with Gasteiger partial charge in [0.25, 0.3) is 0 Å². The summed E-state index contributed by atoms with van der Waals surface area (Å²) in [6, 6.07) is 5.63. The van der Waals surface area contributed by atoms with Crippen LogP contribution in [0.2, 0.25) is 0 Å². The first-order chi connectivity index (χ1) is 18.6. The van der Waals surface area contributed by atoms with Crippen molar-refractivity contribution < 1.29 is 28.8 Å². The zero-order valence-corrected chi connectivity index (χ0v) is 24.9. The lowest BCUT2D eigenvalue weighted by molar-refractivity contribution is -0.128. The van der Waals surface area contributed by atoms with Crippen molar-refractivity contribution in [2.45, 2.75) is 78.0 Å². The van der Waals surface area contributed by atoms with Crippen molar-refractivity contribution >= 4 is 5.91 Å². The van der Waals surface area contributed by atoms with Crippen molar-refractivity contribution in [2.24, 2.45) is 41.2 Å². The number of aliphatic hydroxyl groups excluding tert-OH is 1. The van der Waals surface area contributed by atoms with E-state index >= 15 is 0 Å². The van der Waals surface area contributed by atoms with Gasteiger partial charge in [0.15, 0.2) is 11.5 Å². The van der Waals surface area contributed by atoms with E-state index in [2.05, 4.69) is 25.2 Å². The highest BCUT2D eigenvalue weighted by Gasteiger charge is 2.49. The van der Waals surface area contributed by atoms with Gasteiger partial charge in [-0.2, -0.15) is 0 Å². The summed E-state index contributed by atoms with van der Waals surface area (Å²) in [5.41, 5.74) is 7.71. The Bertz CT molecular complexity index is 894. The molecule has 3 rings (SSSR count). The second-order valence-electron chi connectivity index (χ2n) is 12.2. The Hall–Kier alpha value is -1.87. The molecule has 1 aliphatic heterocycles. The van der Waals surface area contributed by atoms with Gasteiger partial charge < -0.3 is 35.1 Å². The number of nitrogens with one attached hydrogen (secondary N) is 1. The van der Waals surface area contributed by atoms with Gasteiger partial charge in [0.05, 0.1) is 32.5 Å². The number of fused-ring (bicyclic) bond motifs is 1. The van der Waals surface area contributed by atoms with Gasteiger partial charge in [0.1, 0.15) is 0 Å². The molecular formula is C31H52N2O6. The number of amides is 1. The van der Waals surface area contributed by atoms with Gasteiger partial charge in [-0.15, -0.1) is 0 Å². The molecule has 222 valence electrons. The maximum atomic E-state index is 13.0. The quantitative estimate of drug-likeness (QED) is 0.239. The lowest BCUT2D eigenvalue weighted by Gasteiger charge is -2.30. The summed E-state index contributed by atoms with van der Waals surface area (Å²) < 4.78 is 22.3. The molecular weight excluding hydrogens is 496 g/mol. The molecule has 2 aliphatic rings. The van der Waals surface area contributed by atoms with Crippen LogP contribution in [0.4, 0.5) is 0 Å². The van der Waals surface area contributed by atoms with E-state index in [1.807, 2.05) is 26.0 Å². The highest BCUT2D eigenvalue weighted by atomic mass is 16.5. The summed E-state index contributed by atoms with van der Waals surface area (Å²) in [5, 5.41) is 14.2. The summed E-state index contributed by atoms with van der Waals surface area (Å²) in [6.07, 6.45) is 3.24. The number of aliphatic hydroxyl groups is 1. The average Bonchev–Trinajstić information content (AvgIpc) is 3.58. The molecule has 1 saturated carbocycles. The molecule has 1 saturated heterocycles. The lowest BCUT2D eigenvalue weighted by atomic mass is 9.81. The SMILES string of the molecule is COCCCOc1cc(C[C@@H](C[C@H](N)[C@@H](O)C[C@H](C(=O)NCC2OC[C@H]3C[C@@H]23)C(C)C)C(C)C)ccc1OC. The Morgan fingerprint density at radius 3 is 2.49 bits per heavy atom. The molecule has 0 bridgehead atoms. The van der Waals surface area contributed by atoms with Gasteiger partial charge in [-0.1, -0.05) is 33.8 Å². The highest BCUT2D eigenvalue weighted by molar-refractivity contribution is 5.79. The minimum absolute atomic E-state index is 0.0133. The fraction of sp³-hybridized carbons (Fsp3) is 0.774. The van der Waals surface area contributed by atoms with Crippen LogP contribution in [-0.2, 0) is 20.7 Å². The molecule has 8 nitrogen and oxygen atoms in total. The Kier molecular flexibility index (Phi) is 12.4. The molecule has 4 N–H and O–H groups in total. The standard InChI is InChI=1S/C31H52N2O6/c1-19(2)22(12-21-8-9-28(37-6)29(13-21)38-11-7-10-36-5)15-26(32)27(34)16-24(20(3)4)31(35)33-17-30-25-14-23(25)18-39-30/h8-9,13,19-20,22-27,30,34H,7,10-12,14-18,32H2,1-6H3,(H,33,35)/t22-,23+,24-,25+,26-,27-,30?/m0/s1. The monoisotopic (exact) mass is 548 g/mol. The van der Waals surface area contributed by atoms with Crippen LogP contribution in [0.25, 0.3) is 0 Å². The van der Waals surface area contributed by atoms with Crippen LogP contribution in [0.1, 0.15) is 58.9 Å². The number of hydrogen-bond acceptors (Lipinski definition) is 7. The zero-order chi connectivity index (χ0) is 28.5. The van der Waals surface area contributed by atoms with Crippen LogP contribution in [-0.4, -0.2) is 69.8 Å². The molecule has 8 heteroatoms. The Morgan fingerprint density at radius 2 is 1.90 bits per heavy atom. The zero-order valence-electron chi connectivity index (χ0n) is 24.9. The smallest absolute Gasteiger partial charge is 0.223 e. The molecule has 1 amide bonds. The molecule has 0 radical (unpaired) electrons. The molecule has 39 heavy (non-hydrogen) atoms. The number of methoxy groups -OCH3 is 2. The van der Waals surface area contributed by atoms with Crippen LogP contribution in [0.3, 0.4) is 0 Å². The van der Waals surface area contributed by atoms with Gasteiger partial charge in [0, 0.05) is 38.6 Å². The summed E-state index contributed by atoms with van der Waals surface area (Å²) in [4.78, 5) is 13.0. The molecule has 1 aromatic rings. The second kappa shape index (κ2) is 15.2. The van der Waals surface area contributed by atoms with Crippen molar-refractivity contribution in [3.05, 3.63) is 23.8 Å². The van der Waals surface area contributed by atoms with E-state index in [-0.39, 0.29) is 29.8 Å². The number of hydrogen-bond donors (Lipinski definition) is 3. The number of carbonyl (C=O) groups excluding carboxylic acids is 1. The van der Waals surface area contributed by atoms with Gasteiger partial charge in [0.2, 0.25) is 5.91 Å². The fourth-order valence-corrected chi connectivity index (χ4v) is 5.70. The molecule has 1 aliphatic carbocycles. The molecule has 0 aromatic heterocycles. The number of rotatable bonds is 18. The predicted molar refractivity (Wildman–Crippen MR) is 153 cm³/mol. The Balaban J connectivity index is 1.55. The largest absolute Gasteiger partial charge is 0.493 e. The van der Waals surface area contributed by atoms with Crippen molar-refractivity contribution in [3.8, 4) is 11.5 Å². The molecule has 0 spiro atoms. The van der Waals surface area contributed by atoms with E-state index in [0.717, 1.165) is 30.8 Å². The van der Waals surface area contributed by atoms with Crippen LogP contribution < -0.4 is 20.5 Å². The first kappa shape index (κ1) is 31.7. The van der Waals surface area contributed by atoms with Crippen molar-refractivity contribution in [3.63, 3.8) is 0 Å². The summed E-state index contributed by atoms with van der Waals surface area (Å²) >= 11 is 0. The first-order valence-electron chi connectivity index (χ1n) is 14.8. The highest BCUT2D eigenvalue weighted by Crippen LogP contribution is 2.47. The van der Waals surface area contributed by atoms with E-state index in [4.69, 9.17) is 24.7 Å². The predicted octanol–water partition coefficient (Wildman–Crippen LogP) is 3.82. The van der Waals surface area contributed by atoms with Crippen LogP contribution in [0.5, 0.6) is 11.5 Å².